The second-order valence-electron chi connectivity index (χ2n) is 4.07. The molecule has 2 N–H and O–H groups in total. The summed E-state index contributed by atoms with van der Waals surface area (Å²) < 4.78 is 5.38. The van der Waals surface area contributed by atoms with Gasteiger partial charge < -0.3 is 9.52 Å². The summed E-state index contributed by atoms with van der Waals surface area (Å²) in [6.07, 6.45) is 0. The molecule has 0 bridgehead atoms. The number of rotatable bonds is 3. The van der Waals surface area contributed by atoms with E-state index in [2.05, 4.69) is 10.5 Å². The van der Waals surface area contributed by atoms with Crippen LogP contribution in [0.2, 0.25) is 0 Å². The smallest absolute Gasteiger partial charge is 0.275 e. The van der Waals surface area contributed by atoms with Crippen molar-refractivity contribution in [3.05, 3.63) is 53.5 Å². The average Bonchev–Trinajstić information content (AvgIpc) is 2.83. The van der Waals surface area contributed by atoms with E-state index in [0.717, 1.165) is 5.76 Å². The first-order chi connectivity index (χ1) is 9.08. The van der Waals surface area contributed by atoms with E-state index in [1.165, 1.54) is 12.1 Å². The predicted molar refractivity (Wildman–Crippen MR) is 71.2 cm³/mol. The number of nitrogens with zero attached hydrogens (tertiary/aromatic N) is 1. The molecular formula is C14H14N2O3. The van der Waals surface area contributed by atoms with E-state index in [9.17, 15) is 9.90 Å². The molecule has 0 unspecified atom stereocenters. The second-order valence-corrected chi connectivity index (χ2v) is 4.07. The van der Waals surface area contributed by atoms with Gasteiger partial charge in [-0.05, 0) is 38.1 Å². The van der Waals surface area contributed by atoms with E-state index in [1.807, 2.05) is 13.0 Å². The number of carbonyl (C=O) groups is 1. The Morgan fingerprint density at radius 2 is 2.00 bits per heavy atom. The molecule has 19 heavy (non-hydrogen) atoms. The van der Waals surface area contributed by atoms with Gasteiger partial charge in [-0.2, -0.15) is 5.10 Å². The number of amides is 1. The quantitative estimate of drug-likeness (QED) is 0.656. The topological polar surface area (TPSA) is 74.8 Å². The van der Waals surface area contributed by atoms with E-state index in [-0.39, 0.29) is 11.3 Å². The molecule has 0 radical (unpaired) electrons. The summed E-state index contributed by atoms with van der Waals surface area (Å²) in [7, 11) is 0. The molecule has 0 aliphatic heterocycles. The summed E-state index contributed by atoms with van der Waals surface area (Å²) in [5.41, 5.74) is 3.10. The number of benzene rings is 1. The average molecular weight is 258 g/mol. The Morgan fingerprint density at radius 1 is 1.26 bits per heavy atom. The molecule has 5 nitrogen and oxygen atoms in total. The molecule has 1 aromatic heterocycles. The zero-order valence-corrected chi connectivity index (χ0v) is 10.7. The molecule has 0 fully saturated rings. The number of aromatic hydroxyl groups is 1. The van der Waals surface area contributed by atoms with Crippen molar-refractivity contribution in [2.24, 2.45) is 5.10 Å². The van der Waals surface area contributed by atoms with Gasteiger partial charge in [0.25, 0.3) is 5.91 Å². The molecule has 0 aliphatic carbocycles. The van der Waals surface area contributed by atoms with Crippen LogP contribution >= 0.6 is 0 Å². The molecule has 1 heterocycles. The van der Waals surface area contributed by atoms with Crippen LogP contribution in [0.25, 0.3) is 0 Å². The fraction of sp³-hybridized carbons (Fsp3) is 0.143. The van der Waals surface area contributed by atoms with Crippen molar-refractivity contribution in [1.82, 2.24) is 5.43 Å². The highest BCUT2D eigenvalue weighted by atomic mass is 16.3. The van der Waals surface area contributed by atoms with E-state index < -0.39 is 5.91 Å². The van der Waals surface area contributed by atoms with Crippen molar-refractivity contribution in [3.8, 4) is 5.75 Å². The molecule has 1 aromatic carbocycles. The highest BCUT2D eigenvalue weighted by molar-refractivity contribution is 6.00. The lowest BCUT2D eigenvalue weighted by Gasteiger charge is -2.03. The highest BCUT2D eigenvalue weighted by Gasteiger charge is 2.10. The Kier molecular flexibility index (Phi) is 3.66. The first kappa shape index (κ1) is 12.9. The van der Waals surface area contributed by atoms with Gasteiger partial charge in [-0.25, -0.2) is 5.43 Å². The second kappa shape index (κ2) is 5.39. The van der Waals surface area contributed by atoms with Gasteiger partial charge in [0.15, 0.2) is 0 Å². The third kappa shape index (κ3) is 3.01. The normalized spacial score (nSPS) is 11.4. The van der Waals surface area contributed by atoms with Gasteiger partial charge in [0.1, 0.15) is 23.0 Å². The maximum Gasteiger partial charge on any atom is 0.275 e. The van der Waals surface area contributed by atoms with Crippen LogP contribution in [-0.2, 0) is 0 Å². The molecule has 1 amide bonds. The summed E-state index contributed by atoms with van der Waals surface area (Å²) in [6.45, 7) is 3.56. The van der Waals surface area contributed by atoms with E-state index in [4.69, 9.17) is 4.42 Å². The van der Waals surface area contributed by atoms with Crippen LogP contribution in [0.3, 0.4) is 0 Å². The molecule has 2 rings (SSSR count). The van der Waals surface area contributed by atoms with Crippen molar-refractivity contribution in [2.45, 2.75) is 13.8 Å². The molecule has 0 saturated carbocycles. The van der Waals surface area contributed by atoms with Gasteiger partial charge >= 0.3 is 0 Å². The largest absolute Gasteiger partial charge is 0.507 e. The number of para-hydroxylation sites is 1. The molecule has 0 atom stereocenters. The number of hydrogen-bond acceptors (Lipinski definition) is 4. The SMILES string of the molecule is C/C(=N\NC(=O)c1ccccc1O)c1ccc(C)o1. The summed E-state index contributed by atoms with van der Waals surface area (Å²) in [6, 6.07) is 9.88. The molecule has 98 valence electrons. The van der Waals surface area contributed by atoms with E-state index >= 15 is 0 Å². The third-order valence-electron chi connectivity index (χ3n) is 2.57. The lowest BCUT2D eigenvalue weighted by molar-refractivity contribution is 0.0952. The number of nitrogens with one attached hydrogen (secondary N) is 1. The lowest BCUT2D eigenvalue weighted by Crippen LogP contribution is -2.19. The Balaban J connectivity index is 2.10. The van der Waals surface area contributed by atoms with Gasteiger partial charge in [-0.1, -0.05) is 12.1 Å². The van der Waals surface area contributed by atoms with Crippen LogP contribution in [0.5, 0.6) is 5.75 Å². The Morgan fingerprint density at radius 3 is 2.63 bits per heavy atom. The first-order valence-corrected chi connectivity index (χ1v) is 5.77. The Hall–Kier alpha value is -2.56. The van der Waals surface area contributed by atoms with Gasteiger partial charge in [0.2, 0.25) is 0 Å². The van der Waals surface area contributed by atoms with Crippen molar-refractivity contribution in [1.29, 1.82) is 0 Å². The number of hydrogen-bond donors (Lipinski definition) is 2. The van der Waals surface area contributed by atoms with Crippen LogP contribution in [0.15, 0.2) is 45.9 Å². The third-order valence-corrected chi connectivity index (χ3v) is 2.57. The molecular weight excluding hydrogens is 244 g/mol. The summed E-state index contributed by atoms with van der Waals surface area (Å²) in [5.74, 6) is 0.814. The summed E-state index contributed by atoms with van der Waals surface area (Å²) in [4.78, 5) is 11.8. The fourth-order valence-electron chi connectivity index (χ4n) is 1.54. The summed E-state index contributed by atoms with van der Waals surface area (Å²) in [5, 5.41) is 13.5. The molecule has 2 aromatic rings. The van der Waals surface area contributed by atoms with E-state index in [0.29, 0.717) is 11.5 Å². The Labute approximate surface area is 110 Å². The Bertz CT molecular complexity index is 629. The number of phenols is 1. The minimum absolute atomic E-state index is 0.0818. The molecule has 0 aliphatic rings. The molecule has 0 spiro atoms. The van der Waals surface area contributed by atoms with Crippen LogP contribution in [-0.4, -0.2) is 16.7 Å². The van der Waals surface area contributed by atoms with Crippen molar-refractivity contribution in [2.75, 3.05) is 0 Å². The van der Waals surface area contributed by atoms with Crippen LogP contribution in [0.4, 0.5) is 0 Å². The zero-order chi connectivity index (χ0) is 13.8. The van der Waals surface area contributed by atoms with Crippen LogP contribution in [0.1, 0.15) is 28.8 Å². The van der Waals surface area contributed by atoms with Gasteiger partial charge in [-0.15, -0.1) is 0 Å². The predicted octanol–water partition coefficient (Wildman–Crippen LogP) is 2.45. The maximum atomic E-state index is 11.8. The highest BCUT2D eigenvalue weighted by Crippen LogP contribution is 2.15. The van der Waals surface area contributed by atoms with Crippen molar-refractivity contribution >= 4 is 11.6 Å². The van der Waals surface area contributed by atoms with Crippen LogP contribution in [0, 0.1) is 6.92 Å². The van der Waals surface area contributed by atoms with Crippen molar-refractivity contribution in [3.63, 3.8) is 0 Å². The molecule has 0 saturated heterocycles. The number of phenolic OH excluding ortho intramolecular Hbond substituents is 1. The zero-order valence-electron chi connectivity index (χ0n) is 10.7. The summed E-state index contributed by atoms with van der Waals surface area (Å²) >= 11 is 0. The number of aryl methyl sites for hydroxylation is 1. The minimum atomic E-state index is -0.472. The standard InChI is InChI=1S/C14H14N2O3/c1-9-7-8-13(19-9)10(2)15-16-14(18)11-5-3-4-6-12(11)17/h3-8,17H,1-2H3,(H,16,18)/b15-10+. The maximum absolute atomic E-state index is 11.8. The number of hydrazone groups is 1. The molecule has 5 heteroatoms. The van der Waals surface area contributed by atoms with Gasteiger partial charge in [0.05, 0.1) is 5.56 Å². The monoisotopic (exact) mass is 258 g/mol. The number of carbonyl (C=O) groups excluding carboxylic acids is 1. The fourth-order valence-corrected chi connectivity index (χ4v) is 1.54. The van der Waals surface area contributed by atoms with Crippen molar-refractivity contribution < 1.29 is 14.3 Å². The van der Waals surface area contributed by atoms with Crippen LogP contribution < -0.4 is 5.43 Å². The van der Waals surface area contributed by atoms with E-state index in [1.54, 1.807) is 25.1 Å². The lowest BCUT2D eigenvalue weighted by atomic mass is 10.2. The number of furan rings is 1. The van der Waals surface area contributed by atoms with Gasteiger partial charge in [-0.3, -0.25) is 4.79 Å². The first-order valence-electron chi connectivity index (χ1n) is 5.77. The minimum Gasteiger partial charge on any atom is -0.507 e. The van der Waals surface area contributed by atoms with Gasteiger partial charge in [0, 0.05) is 0 Å².